The van der Waals surface area contributed by atoms with Gasteiger partial charge in [-0.15, -0.1) is 0 Å². The molecule has 0 bridgehead atoms. The molecule has 3 nitrogen and oxygen atoms in total. The van der Waals surface area contributed by atoms with Gasteiger partial charge in [-0.25, -0.2) is 8.78 Å². The minimum absolute atomic E-state index is 0.276. The molecule has 0 aliphatic heterocycles. The Balaban J connectivity index is 2.23. The molecule has 1 amide bonds. The second-order valence-electron chi connectivity index (χ2n) is 4.80. The van der Waals surface area contributed by atoms with Gasteiger partial charge in [-0.2, -0.15) is 0 Å². The number of rotatable bonds is 5. The Bertz CT molecular complexity index is 631. The lowest BCUT2D eigenvalue weighted by atomic mass is 10.0. The Kier molecular flexibility index (Phi) is 4.65. The number of halogens is 2. The second kappa shape index (κ2) is 6.45. The standard InChI is InChI=1S/C16H16F2N2O/c1-10(13-8-7-12(17)9-14(13)18)20-15(16(19)21)11-5-3-2-4-6-11/h2-10,15,20H,1H3,(H2,19,21)/t10-,15-/m0/s1. The molecule has 0 heterocycles. The van der Waals surface area contributed by atoms with Crippen molar-refractivity contribution in [3.63, 3.8) is 0 Å². The van der Waals surface area contributed by atoms with Crippen molar-refractivity contribution in [1.29, 1.82) is 0 Å². The van der Waals surface area contributed by atoms with E-state index in [1.54, 1.807) is 31.2 Å². The first-order chi connectivity index (χ1) is 9.99. The topological polar surface area (TPSA) is 55.1 Å². The van der Waals surface area contributed by atoms with Gasteiger partial charge in [-0.3, -0.25) is 10.1 Å². The maximum absolute atomic E-state index is 13.8. The van der Waals surface area contributed by atoms with Gasteiger partial charge in [0.1, 0.15) is 17.7 Å². The van der Waals surface area contributed by atoms with Crippen LogP contribution in [0, 0.1) is 11.6 Å². The fraction of sp³-hybridized carbons (Fsp3) is 0.188. The van der Waals surface area contributed by atoms with Crippen LogP contribution in [0.1, 0.15) is 30.1 Å². The van der Waals surface area contributed by atoms with Crippen molar-refractivity contribution in [2.75, 3.05) is 0 Å². The Morgan fingerprint density at radius 2 is 1.81 bits per heavy atom. The summed E-state index contributed by atoms with van der Waals surface area (Å²) in [5, 5.41) is 2.97. The SMILES string of the molecule is C[C@H](N[C@H](C(N)=O)c1ccccc1)c1ccc(F)cc1F. The monoisotopic (exact) mass is 290 g/mol. The van der Waals surface area contributed by atoms with E-state index in [-0.39, 0.29) is 5.56 Å². The van der Waals surface area contributed by atoms with Gasteiger partial charge >= 0.3 is 0 Å². The van der Waals surface area contributed by atoms with E-state index in [1.165, 1.54) is 12.1 Å². The fourth-order valence-electron chi connectivity index (χ4n) is 2.18. The summed E-state index contributed by atoms with van der Waals surface area (Å²) < 4.78 is 26.7. The highest BCUT2D eigenvalue weighted by atomic mass is 19.1. The van der Waals surface area contributed by atoms with Crippen LogP contribution in [0.25, 0.3) is 0 Å². The van der Waals surface area contributed by atoms with Crippen LogP contribution in [0.2, 0.25) is 0 Å². The van der Waals surface area contributed by atoms with Crippen LogP contribution >= 0.6 is 0 Å². The summed E-state index contributed by atoms with van der Waals surface area (Å²) in [5.41, 5.74) is 6.37. The summed E-state index contributed by atoms with van der Waals surface area (Å²) in [6, 6.07) is 11.0. The van der Waals surface area contributed by atoms with Gasteiger partial charge in [0.2, 0.25) is 5.91 Å². The number of benzene rings is 2. The van der Waals surface area contributed by atoms with Gasteiger partial charge in [0.15, 0.2) is 0 Å². The van der Waals surface area contributed by atoms with E-state index in [1.807, 2.05) is 6.07 Å². The molecule has 110 valence electrons. The average Bonchev–Trinajstić information content (AvgIpc) is 2.45. The zero-order valence-corrected chi connectivity index (χ0v) is 11.5. The summed E-state index contributed by atoms with van der Waals surface area (Å²) >= 11 is 0. The summed E-state index contributed by atoms with van der Waals surface area (Å²) in [4.78, 5) is 11.6. The van der Waals surface area contributed by atoms with Crippen molar-refractivity contribution in [2.24, 2.45) is 5.73 Å². The first-order valence-corrected chi connectivity index (χ1v) is 6.54. The van der Waals surface area contributed by atoms with Crippen LogP contribution in [0.3, 0.4) is 0 Å². The molecule has 0 radical (unpaired) electrons. The van der Waals surface area contributed by atoms with Gasteiger partial charge in [-0.05, 0) is 18.6 Å². The molecular formula is C16H16F2N2O. The highest BCUT2D eigenvalue weighted by Gasteiger charge is 2.21. The zero-order chi connectivity index (χ0) is 15.4. The molecule has 0 aromatic heterocycles. The molecule has 0 aliphatic rings. The van der Waals surface area contributed by atoms with Crippen molar-refractivity contribution >= 4 is 5.91 Å². The lowest BCUT2D eigenvalue weighted by molar-refractivity contribution is -0.120. The third kappa shape index (κ3) is 3.64. The molecule has 5 heteroatoms. The van der Waals surface area contributed by atoms with Gasteiger partial charge in [-0.1, -0.05) is 36.4 Å². The van der Waals surface area contributed by atoms with E-state index >= 15 is 0 Å². The zero-order valence-electron chi connectivity index (χ0n) is 11.5. The average molecular weight is 290 g/mol. The number of primary amides is 1. The Morgan fingerprint density at radius 1 is 1.14 bits per heavy atom. The van der Waals surface area contributed by atoms with E-state index < -0.39 is 29.6 Å². The molecule has 0 aliphatic carbocycles. The molecular weight excluding hydrogens is 274 g/mol. The number of amides is 1. The van der Waals surface area contributed by atoms with E-state index in [0.29, 0.717) is 5.56 Å². The molecule has 2 aromatic rings. The summed E-state index contributed by atoms with van der Waals surface area (Å²) in [5.74, 6) is -1.86. The van der Waals surface area contributed by atoms with Crippen LogP contribution in [-0.4, -0.2) is 5.91 Å². The van der Waals surface area contributed by atoms with Crippen LogP contribution in [-0.2, 0) is 4.79 Å². The Hall–Kier alpha value is -2.27. The number of hydrogen-bond donors (Lipinski definition) is 2. The van der Waals surface area contributed by atoms with Crippen molar-refractivity contribution in [2.45, 2.75) is 19.0 Å². The maximum Gasteiger partial charge on any atom is 0.239 e. The minimum Gasteiger partial charge on any atom is -0.368 e. The smallest absolute Gasteiger partial charge is 0.239 e. The van der Waals surface area contributed by atoms with Crippen molar-refractivity contribution in [3.8, 4) is 0 Å². The quantitative estimate of drug-likeness (QED) is 0.889. The number of nitrogens with two attached hydrogens (primary N) is 1. The van der Waals surface area contributed by atoms with Crippen LogP contribution in [0.15, 0.2) is 48.5 Å². The van der Waals surface area contributed by atoms with Gasteiger partial charge in [0, 0.05) is 17.7 Å². The minimum atomic E-state index is -0.745. The summed E-state index contributed by atoms with van der Waals surface area (Å²) in [6.07, 6.45) is 0. The normalized spacial score (nSPS) is 13.7. The molecule has 2 aromatic carbocycles. The first kappa shape index (κ1) is 15.1. The highest BCUT2D eigenvalue weighted by Crippen LogP contribution is 2.22. The van der Waals surface area contributed by atoms with E-state index in [4.69, 9.17) is 5.73 Å². The Labute approximate surface area is 121 Å². The number of nitrogens with one attached hydrogen (secondary N) is 1. The predicted molar refractivity (Wildman–Crippen MR) is 76.3 cm³/mol. The largest absolute Gasteiger partial charge is 0.368 e. The number of carbonyl (C=O) groups excluding carboxylic acids is 1. The molecule has 2 rings (SSSR count). The van der Waals surface area contributed by atoms with Gasteiger partial charge in [0.05, 0.1) is 0 Å². The number of carbonyl (C=O) groups is 1. The van der Waals surface area contributed by atoms with Gasteiger partial charge in [0.25, 0.3) is 0 Å². The number of hydrogen-bond acceptors (Lipinski definition) is 2. The van der Waals surface area contributed by atoms with Crippen LogP contribution in [0.5, 0.6) is 0 Å². The van der Waals surface area contributed by atoms with Crippen molar-refractivity contribution in [1.82, 2.24) is 5.32 Å². The van der Waals surface area contributed by atoms with Crippen molar-refractivity contribution in [3.05, 3.63) is 71.3 Å². The maximum atomic E-state index is 13.8. The summed E-state index contributed by atoms with van der Waals surface area (Å²) in [6.45, 7) is 1.69. The summed E-state index contributed by atoms with van der Waals surface area (Å²) in [7, 11) is 0. The molecule has 21 heavy (non-hydrogen) atoms. The molecule has 0 unspecified atom stereocenters. The highest BCUT2D eigenvalue weighted by molar-refractivity contribution is 5.81. The van der Waals surface area contributed by atoms with Crippen LogP contribution < -0.4 is 11.1 Å². The van der Waals surface area contributed by atoms with E-state index in [9.17, 15) is 13.6 Å². The molecule has 0 spiro atoms. The molecule has 0 saturated carbocycles. The van der Waals surface area contributed by atoms with E-state index in [0.717, 1.165) is 6.07 Å². The molecule has 3 N–H and O–H groups in total. The third-order valence-electron chi connectivity index (χ3n) is 3.26. The van der Waals surface area contributed by atoms with Crippen molar-refractivity contribution < 1.29 is 13.6 Å². The lowest BCUT2D eigenvalue weighted by Gasteiger charge is -2.22. The Morgan fingerprint density at radius 3 is 2.38 bits per heavy atom. The second-order valence-corrected chi connectivity index (χ2v) is 4.80. The molecule has 0 fully saturated rings. The molecule has 2 atom stereocenters. The predicted octanol–water partition coefficient (Wildman–Crippen LogP) is 2.84. The van der Waals surface area contributed by atoms with Crippen LogP contribution in [0.4, 0.5) is 8.78 Å². The lowest BCUT2D eigenvalue weighted by Crippen LogP contribution is -2.35. The van der Waals surface area contributed by atoms with E-state index in [2.05, 4.69) is 5.32 Å². The molecule has 0 saturated heterocycles. The third-order valence-corrected chi connectivity index (χ3v) is 3.26. The van der Waals surface area contributed by atoms with Gasteiger partial charge < -0.3 is 5.73 Å². The first-order valence-electron chi connectivity index (χ1n) is 6.54. The fourth-order valence-corrected chi connectivity index (χ4v) is 2.18.